The van der Waals surface area contributed by atoms with E-state index in [0.717, 1.165) is 31.7 Å². The van der Waals surface area contributed by atoms with E-state index < -0.39 is 0 Å². The number of hydrogen-bond acceptors (Lipinski definition) is 3. The van der Waals surface area contributed by atoms with E-state index >= 15 is 0 Å². The molecule has 0 spiro atoms. The topological polar surface area (TPSA) is 24.5 Å². The zero-order chi connectivity index (χ0) is 10.7. The summed E-state index contributed by atoms with van der Waals surface area (Å²) in [7, 11) is 0. The van der Waals surface area contributed by atoms with Gasteiger partial charge in [-0.05, 0) is 32.2 Å². The monoisotopic (exact) mass is 212 g/mol. The second kappa shape index (κ2) is 5.28. The van der Waals surface area contributed by atoms with Crippen LogP contribution in [0.1, 0.15) is 26.7 Å². The number of likely N-dealkylation sites (tertiary alicyclic amines) is 1. The largest absolute Gasteiger partial charge is 0.379 e. The van der Waals surface area contributed by atoms with Crippen molar-refractivity contribution in [3.05, 3.63) is 0 Å². The Hall–Kier alpha value is -0.120. The molecule has 2 saturated heterocycles. The molecule has 15 heavy (non-hydrogen) atoms. The van der Waals surface area contributed by atoms with Gasteiger partial charge in [-0.1, -0.05) is 6.92 Å². The van der Waals surface area contributed by atoms with Crippen LogP contribution in [0.2, 0.25) is 0 Å². The van der Waals surface area contributed by atoms with Gasteiger partial charge in [0.2, 0.25) is 0 Å². The minimum Gasteiger partial charge on any atom is -0.379 e. The molecule has 3 unspecified atom stereocenters. The lowest BCUT2D eigenvalue weighted by Crippen LogP contribution is -2.43. The van der Waals surface area contributed by atoms with Crippen molar-refractivity contribution in [3.63, 3.8) is 0 Å². The number of morpholine rings is 1. The standard InChI is InChI=1S/C12H24N2O/c1-10-7-11(2)14(8-10)5-3-12-9-15-6-4-13-12/h10-13H,3-9H2,1-2H3. The smallest absolute Gasteiger partial charge is 0.0620 e. The molecule has 3 atom stereocenters. The Balaban J connectivity index is 1.68. The highest BCUT2D eigenvalue weighted by molar-refractivity contribution is 4.81. The minimum absolute atomic E-state index is 0.585. The van der Waals surface area contributed by atoms with Gasteiger partial charge in [0.15, 0.2) is 0 Å². The number of nitrogens with zero attached hydrogens (tertiary/aromatic N) is 1. The predicted octanol–water partition coefficient (Wildman–Crippen LogP) is 1.10. The van der Waals surface area contributed by atoms with Gasteiger partial charge in [0.25, 0.3) is 0 Å². The van der Waals surface area contributed by atoms with Crippen LogP contribution in [-0.2, 0) is 4.74 Å². The Kier molecular flexibility index (Phi) is 4.00. The van der Waals surface area contributed by atoms with Crippen LogP contribution in [0.25, 0.3) is 0 Å². The highest BCUT2D eigenvalue weighted by atomic mass is 16.5. The summed E-state index contributed by atoms with van der Waals surface area (Å²) in [6, 6.07) is 1.37. The molecule has 1 N–H and O–H groups in total. The van der Waals surface area contributed by atoms with Crippen molar-refractivity contribution in [1.29, 1.82) is 0 Å². The molecule has 2 aliphatic heterocycles. The summed E-state index contributed by atoms with van der Waals surface area (Å²) in [6.45, 7) is 10.0. The molecule has 0 amide bonds. The average Bonchev–Trinajstić information content (AvgIpc) is 2.56. The van der Waals surface area contributed by atoms with Gasteiger partial charge in [-0.15, -0.1) is 0 Å². The minimum atomic E-state index is 0.585. The number of rotatable bonds is 3. The van der Waals surface area contributed by atoms with Gasteiger partial charge in [-0.25, -0.2) is 0 Å². The second-order valence-corrected chi connectivity index (χ2v) is 5.20. The van der Waals surface area contributed by atoms with E-state index in [1.807, 2.05) is 0 Å². The van der Waals surface area contributed by atoms with Crippen LogP contribution in [0.4, 0.5) is 0 Å². The summed E-state index contributed by atoms with van der Waals surface area (Å²) in [6.07, 6.45) is 2.60. The Morgan fingerprint density at radius 1 is 1.40 bits per heavy atom. The van der Waals surface area contributed by atoms with Crippen LogP contribution in [0.3, 0.4) is 0 Å². The number of hydrogen-bond donors (Lipinski definition) is 1. The molecule has 2 heterocycles. The number of nitrogens with one attached hydrogen (secondary N) is 1. The molecule has 0 aromatic heterocycles. The van der Waals surface area contributed by atoms with Crippen molar-refractivity contribution >= 4 is 0 Å². The van der Waals surface area contributed by atoms with Crippen LogP contribution in [0.5, 0.6) is 0 Å². The first-order chi connectivity index (χ1) is 7.25. The van der Waals surface area contributed by atoms with Crippen molar-refractivity contribution < 1.29 is 4.74 Å². The third-order valence-electron chi connectivity index (χ3n) is 3.68. The first kappa shape index (κ1) is 11.4. The van der Waals surface area contributed by atoms with Crippen LogP contribution in [0, 0.1) is 5.92 Å². The average molecular weight is 212 g/mol. The predicted molar refractivity (Wildman–Crippen MR) is 62.0 cm³/mol. The maximum absolute atomic E-state index is 5.46. The molecule has 2 fully saturated rings. The normalized spacial score (nSPS) is 38.4. The van der Waals surface area contributed by atoms with Gasteiger partial charge in [-0.2, -0.15) is 0 Å². The van der Waals surface area contributed by atoms with E-state index in [0.29, 0.717) is 6.04 Å². The molecule has 0 bridgehead atoms. The highest BCUT2D eigenvalue weighted by Crippen LogP contribution is 2.22. The van der Waals surface area contributed by atoms with Crippen molar-refractivity contribution in [2.75, 3.05) is 32.8 Å². The fourth-order valence-electron chi connectivity index (χ4n) is 2.82. The Bertz CT molecular complexity index is 192. The lowest BCUT2D eigenvalue weighted by atomic mass is 10.1. The van der Waals surface area contributed by atoms with Gasteiger partial charge in [-0.3, -0.25) is 0 Å². The molecule has 3 nitrogen and oxygen atoms in total. The molecule has 0 saturated carbocycles. The molecule has 0 radical (unpaired) electrons. The second-order valence-electron chi connectivity index (χ2n) is 5.20. The SMILES string of the molecule is CC1CC(C)N(CCC2COCCN2)C1. The highest BCUT2D eigenvalue weighted by Gasteiger charge is 2.26. The summed E-state index contributed by atoms with van der Waals surface area (Å²) in [5, 5.41) is 3.52. The maximum atomic E-state index is 5.46. The number of ether oxygens (including phenoxy) is 1. The Morgan fingerprint density at radius 3 is 2.87 bits per heavy atom. The van der Waals surface area contributed by atoms with Gasteiger partial charge in [0.1, 0.15) is 0 Å². The first-order valence-corrected chi connectivity index (χ1v) is 6.31. The molecular formula is C12H24N2O. The molecular weight excluding hydrogens is 188 g/mol. The van der Waals surface area contributed by atoms with Crippen LogP contribution < -0.4 is 5.32 Å². The van der Waals surface area contributed by atoms with Crippen LogP contribution >= 0.6 is 0 Å². The quantitative estimate of drug-likeness (QED) is 0.758. The zero-order valence-corrected chi connectivity index (χ0v) is 10.0. The van der Waals surface area contributed by atoms with Gasteiger partial charge >= 0.3 is 0 Å². The van der Waals surface area contributed by atoms with Crippen LogP contribution in [0.15, 0.2) is 0 Å². The summed E-state index contributed by atoms with van der Waals surface area (Å²) in [5.74, 6) is 0.885. The molecule has 88 valence electrons. The molecule has 2 rings (SSSR count). The third-order valence-corrected chi connectivity index (χ3v) is 3.68. The zero-order valence-electron chi connectivity index (χ0n) is 10.0. The third kappa shape index (κ3) is 3.16. The van der Waals surface area contributed by atoms with E-state index in [9.17, 15) is 0 Å². The van der Waals surface area contributed by atoms with Crippen molar-refractivity contribution in [1.82, 2.24) is 10.2 Å². The lowest BCUT2D eigenvalue weighted by molar-refractivity contribution is 0.0695. The summed E-state index contributed by atoms with van der Waals surface area (Å²) < 4.78 is 5.46. The maximum Gasteiger partial charge on any atom is 0.0620 e. The van der Waals surface area contributed by atoms with Crippen molar-refractivity contribution in [2.24, 2.45) is 5.92 Å². The van der Waals surface area contributed by atoms with Gasteiger partial charge < -0.3 is 15.0 Å². The molecule has 2 aliphatic rings. The molecule has 0 aromatic rings. The Labute approximate surface area is 93.2 Å². The van der Waals surface area contributed by atoms with Crippen LogP contribution in [-0.4, -0.2) is 49.8 Å². The van der Waals surface area contributed by atoms with E-state index in [-0.39, 0.29) is 0 Å². The fourth-order valence-corrected chi connectivity index (χ4v) is 2.82. The Morgan fingerprint density at radius 2 is 2.27 bits per heavy atom. The summed E-state index contributed by atoms with van der Waals surface area (Å²) >= 11 is 0. The fraction of sp³-hybridized carbons (Fsp3) is 1.00. The van der Waals surface area contributed by atoms with E-state index in [1.165, 1.54) is 25.9 Å². The molecule has 3 heteroatoms. The summed E-state index contributed by atoms with van der Waals surface area (Å²) in [4.78, 5) is 2.63. The van der Waals surface area contributed by atoms with Gasteiger partial charge in [0, 0.05) is 25.2 Å². The summed E-state index contributed by atoms with van der Waals surface area (Å²) in [5.41, 5.74) is 0. The van der Waals surface area contributed by atoms with Crippen molar-refractivity contribution in [2.45, 2.75) is 38.8 Å². The lowest BCUT2D eigenvalue weighted by Gasteiger charge is -2.27. The van der Waals surface area contributed by atoms with E-state index in [4.69, 9.17) is 4.74 Å². The molecule has 0 aromatic carbocycles. The molecule has 0 aliphatic carbocycles. The van der Waals surface area contributed by atoms with Crippen molar-refractivity contribution in [3.8, 4) is 0 Å². The van der Waals surface area contributed by atoms with E-state index in [1.54, 1.807) is 0 Å². The van der Waals surface area contributed by atoms with E-state index in [2.05, 4.69) is 24.1 Å². The van der Waals surface area contributed by atoms with Gasteiger partial charge in [0.05, 0.1) is 13.2 Å². The first-order valence-electron chi connectivity index (χ1n) is 6.31.